The van der Waals surface area contributed by atoms with Gasteiger partial charge in [-0.1, -0.05) is 6.07 Å². The summed E-state index contributed by atoms with van der Waals surface area (Å²) < 4.78 is 0. The third kappa shape index (κ3) is 5.05. The Labute approximate surface area is 190 Å². The van der Waals surface area contributed by atoms with Crippen LogP contribution in [0, 0.1) is 6.92 Å². The average molecular weight is 436 g/mol. The van der Waals surface area contributed by atoms with Crippen molar-refractivity contribution in [2.45, 2.75) is 45.7 Å². The van der Waals surface area contributed by atoms with Gasteiger partial charge in [0.05, 0.1) is 5.56 Å². The first-order chi connectivity index (χ1) is 15.3. The van der Waals surface area contributed by atoms with E-state index < -0.39 is 0 Å². The summed E-state index contributed by atoms with van der Waals surface area (Å²) in [5.41, 5.74) is 10.1. The fraction of sp³-hybridized carbons (Fsp3) is 0.440. The molecule has 1 aliphatic carbocycles. The molecule has 2 amide bonds. The van der Waals surface area contributed by atoms with Crippen LogP contribution < -0.4 is 21.3 Å². The van der Waals surface area contributed by atoms with Crippen LogP contribution in [0.15, 0.2) is 36.4 Å². The summed E-state index contributed by atoms with van der Waals surface area (Å²) >= 11 is 0. The van der Waals surface area contributed by atoms with E-state index in [0.717, 1.165) is 50.3 Å². The van der Waals surface area contributed by atoms with E-state index in [2.05, 4.69) is 34.3 Å². The molecule has 0 bridgehead atoms. The highest BCUT2D eigenvalue weighted by atomic mass is 16.2. The molecule has 1 saturated heterocycles. The van der Waals surface area contributed by atoms with Gasteiger partial charge in [0.2, 0.25) is 0 Å². The Balaban J connectivity index is 1.49. The standard InChI is InChI=1S/C25H33N5O2/c1-16(2)29-10-12-30(13-11-29)20-8-9-22(26)21(15-20)25(32)28-23-14-18(5-4-17(23)3)24(31)27-19-6-7-19/h4-5,8-9,14-16,19H,6-7,10-13,26H2,1-3H3,(H,27,31)(H,28,32). The Morgan fingerprint density at radius 1 is 1.00 bits per heavy atom. The Morgan fingerprint density at radius 2 is 1.72 bits per heavy atom. The lowest BCUT2D eigenvalue weighted by Gasteiger charge is -2.38. The SMILES string of the molecule is Cc1ccc(C(=O)NC2CC2)cc1NC(=O)c1cc(N2CCN(C(C)C)CC2)ccc1N. The van der Waals surface area contributed by atoms with Crippen LogP contribution in [0.4, 0.5) is 17.1 Å². The van der Waals surface area contributed by atoms with Crippen molar-refractivity contribution >= 4 is 28.9 Å². The van der Waals surface area contributed by atoms with Crippen LogP contribution in [0.3, 0.4) is 0 Å². The molecule has 7 heteroatoms. The minimum absolute atomic E-state index is 0.106. The van der Waals surface area contributed by atoms with Crippen molar-refractivity contribution in [3.63, 3.8) is 0 Å². The summed E-state index contributed by atoms with van der Waals surface area (Å²) in [6.45, 7) is 10.2. The largest absolute Gasteiger partial charge is 0.398 e. The molecular weight excluding hydrogens is 402 g/mol. The zero-order valence-electron chi connectivity index (χ0n) is 19.1. The maximum Gasteiger partial charge on any atom is 0.257 e. The number of nitrogens with zero attached hydrogens (tertiary/aromatic N) is 2. The lowest BCUT2D eigenvalue weighted by atomic mass is 10.1. The molecule has 2 aromatic carbocycles. The fourth-order valence-electron chi connectivity index (χ4n) is 4.02. The summed E-state index contributed by atoms with van der Waals surface area (Å²) in [5, 5.41) is 5.94. The molecule has 1 aliphatic heterocycles. The van der Waals surface area contributed by atoms with Gasteiger partial charge in [0.1, 0.15) is 0 Å². The summed E-state index contributed by atoms with van der Waals surface area (Å²) in [4.78, 5) is 30.3. The molecule has 0 radical (unpaired) electrons. The zero-order valence-corrected chi connectivity index (χ0v) is 19.1. The Kier molecular flexibility index (Phi) is 6.37. The first-order valence-electron chi connectivity index (χ1n) is 11.4. The van der Waals surface area contributed by atoms with Gasteiger partial charge in [-0.05, 0) is 69.5 Å². The summed E-state index contributed by atoms with van der Waals surface area (Å²) in [6, 6.07) is 11.8. The molecule has 2 aliphatic rings. The number of anilines is 3. The van der Waals surface area contributed by atoms with Gasteiger partial charge < -0.3 is 21.3 Å². The van der Waals surface area contributed by atoms with E-state index in [-0.39, 0.29) is 17.9 Å². The third-order valence-electron chi connectivity index (χ3n) is 6.35. The molecule has 170 valence electrons. The Morgan fingerprint density at radius 3 is 2.38 bits per heavy atom. The number of benzene rings is 2. The number of hydrogen-bond donors (Lipinski definition) is 3. The van der Waals surface area contributed by atoms with Crippen LogP contribution in [0.1, 0.15) is 53.0 Å². The molecule has 2 fully saturated rings. The number of rotatable bonds is 6. The van der Waals surface area contributed by atoms with Gasteiger partial charge in [0, 0.05) is 60.9 Å². The van der Waals surface area contributed by atoms with E-state index in [4.69, 9.17) is 5.73 Å². The van der Waals surface area contributed by atoms with E-state index in [1.807, 2.05) is 25.1 Å². The maximum atomic E-state index is 13.1. The number of amides is 2. The molecule has 32 heavy (non-hydrogen) atoms. The predicted molar refractivity (Wildman–Crippen MR) is 129 cm³/mol. The van der Waals surface area contributed by atoms with Crippen LogP contribution in [-0.2, 0) is 0 Å². The van der Waals surface area contributed by atoms with Crippen molar-refractivity contribution in [1.29, 1.82) is 0 Å². The van der Waals surface area contributed by atoms with Crippen LogP contribution in [-0.4, -0.2) is 55.0 Å². The van der Waals surface area contributed by atoms with Gasteiger partial charge in [-0.25, -0.2) is 0 Å². The second kappa shape index (κ2) is 9.20. The Bertz CT molecular complexity index is 1010. The maximum absolute atomic E-state index is 13.1. The van der Waals surface area contributed by atoms with Crippen LogP contribution in [0.5, 0.6) is 0 Å². The number of nitrogens with two attached hydrogens (primary N) is 1. The summed E-state index contributed by atoms with van der Waals surface area (Å²) in [7, 11) is 0. The van der Waals surface area contributed by atoms with E-state index in [1.165, 1.54) is 0 Å². The highest BCUT2D eigenvalue weighted by Gasteiger charge is 2.24. The molecule has 1 saturated carbocycles. The fourth-order valence-corrected chi connectivity index (χ4v) is 4.02. The van der Waals surface area contributed by atoms with Gasteiger partial charge in [0.15, 0.2) is 0 Å². The number of carbonyl (C=O) groups excluding carboxylic acids is 2. The molecule has 0 atom stereocenters. The van der Waals surface area contributed by atoms with E-state index in [0.29, 0.717) is 28.5 Å². The van der Waals surface area contributed by atoms with Crippen molar-refractivity contribution in [2.75, 3.05) is 42.1 Å². The van der Waals surface area contributed by atoms with Crippen molar-refractivity contribution in [1.82, 2.24) is 10.2 Å². The molecule has 0 aromatic heterocycles. The molecule has 4 rings (SSSR count). The molecule has 4 N–H and O–H groups in total. The number of hydrogen-bond acceptors (Lipinski definition) is 5. The highest BCUT2D eigenvalue weighted by Crippen LogP contribution is 2.26. The summed E-state index contributed by atoms with van der Waals surface area (Å²) in [5.74, 6) is -0.377. The molecule has 2 aromatic rings. The second-order valence-electron chi connectivity index (χ2n) is 9.12. The molecular formula is C25H33N5O2. The summed E-state index contributed by atoms with van der Waals surface area (Å²) in [6.07, 6.45) is 2.06. The van der Waals surface area contributed by atoms with Gasteiger partial charge in [0.25, 0.3) is 11.8 Å². The number of carbonyl (C=O) groups is 2. The average Bonchev–Trinajstić information content (AvgIpc) is 3.59. The molecule has 7 nitrogen and oxygen atoms in total. The first-order valence-corrected chi connectivity index (χ1v) is 11.4. The van der Waals surface area contributed by atoms with Crippen LogP contribution >= 0.6 is 0 Å². The van der Waals surface area contributed by atoms with Gasteiger partial charge >= 0.3 is 0 Å². The minimum Gasteiger partial charge on any atom is -0.398 e. The lowest BCUT2D eigenvalue weighted by Crippen LogP contribution is -2.48. The van der Waals surface area contributed by atoms with Gasteiger partial charge in [-0.15, -0.1) is 0 Å². The van der Waals surface area contributed by atoms with E-state index in [1.54, 1.807) is 18.2 Å². The normalized spacial score (nSPS) is 16.8. The van der Waals surface area contributed by atoms with Crippen LogP contribution in [0.2, 0.25) is 0 Å². The number of nitrogens with one attached hydrogen (secondary N) is 2. The van der Waals surface area contributed by atoms with E-state index >= 15 is 0 Å². The van der Waals surface area contributed by atoms with Gasteiger partial charge in [-0.2, -0.15) is 0 Å². The lowest BCUT2D eigenvalue weighted by molar-refractivity contribution is 0.0949. The van der Waals surface area contributed by atoms with E-state index in [9.17, 15) is 9.59 Å². The van der Waals surface area contributed by atoms with Gasteiger partial charge in [-0.3, -0.25) is 14.5 Å². The predicted octanol–water partition coefficient (Wildman–Crippen LogP) is 3.25. The Hall–Kier alpha value is -3.06. The van der Waals surface area contributed by atoms with Crippen molar-refractivity contribution < 1.29 is 9.59 Å². The smallest absolute Gasteiger partial charge is 0.257 e. The van der Waals surface area contributed by atoms with Crippen molar-refractivity contribution in [3.05, 3.63) is 53.1 Å². The number of piperazine rings is 1. The molecule has 1 heterocycles. The number of aryl methyl sites for hydroxylation is 1. The zero-order chi connectivity index (χ0) is 22.8. The first kappa shape index (κ1) is 22.1. The quantitative estimate of drug-likeness (QED) is 0.606. The van der Waals surface area contributed by atoms with Crippen molar-refractivity contribution in [3.8, 4) is 0 Å². The van der Waals surface area contributed by atoms with Crippen LogP contribution in [0.25, 0.3) is 0 Å². The highest BCUT2D eigenvalue weighted by molar-refractivity contribution is 6.09. The third-order valence-corrected chi connectivity index (χ3v) is 6.35. The molecule has 0 spiro atoms. The topological polar surface area (TPSA) is 90.7 Å². The van der Waals surface area contributed by atoms with Crippen molar-refractivity contribution in [2.24, 2.45) is 0 Å². The minimum atomic E-state index is -0.270. The monoisotopic (exact) mass is 435 g/mol. The number of nitrogen functional groups attached to an aromatic ring is 1. The second-order valence-corrected chi connectivity index (χ2v) is 9.12. The molecule has 0 unspecified atom stereocenters.